The average molecular weight is 438 g/mol. The summed E-state index contributed by atoms with van der Waals surface area (Å²) >= 11 is 0. The molecule has 0 fully saturated rings. The lowest BCUT2D eigenvalue weighted by molar-refractivity contribution is 0.0725. The monoisotopic (exact) mass is 438 g/mol. The van der Waals surface area contributed by atoms with Crippen molar-refractivity contribution >= 4 is 11.9 Å². The van der Waals surface area contributed by atoms with Crippen molar-refractivity contribution in [2.24, 2.45) is 0 Å². The molecule has 0 atom stereocenters. The number of ether oxygens (including phenoxy) is 3. The molecule has 0 bridgehead atoms. The second kappa shape index (κ2) is 9.83. The molecule has 0 aliphatic heterocycles. The first-order valence-electron chi connectivity index (χ1n) is 10.4. The fourth-order valence-electron chi connectivity index (χ4n) is 3.00. The van der Waals surface area contributed by atoms with Crippen LogP contribution in [0.3, 0.4) is 0 Å². The Morgan fingerprint density at radius 1 is 0.455 bits per heavy atom. The minimum Gasteiger partial charge on any atom is -0.457 e. The first-order chi connectivity index (χ1) is 16.0. The molecule has 0 heterocycles. The maximum Gasteiger partial charge on any atom is 0.343 e. The zero-order valence-electron chi connectivity index (χ0n) is 18.3. The maximum atomic E-state index is 12.2. The van der Waals surface area contributed by atoms with Crippen LogP contribution >= 0.6 is 0 Å². The summed E-state index contributed by atoms with van der Waals surface area (Å²) in [5, 5.41) is 0. The van der Waals surface area contributed by atoms with Gasteiger partial charge in [-0.3, -0.25) is 0 Å². The Morgan fingerprint density at radius 3 is 1.09 bits per heavy atom. The minimum absolute atomic E-state index is 0.417. The Hall–Kier alpha value is -4.38. The highest BCUT2D eigenvalue weighted by atomic mass is 16.5. The molecule has 4 aromatic rings. The highest BCUT2D eigenvalue weighted by Gasteiger charge is 2.10. The minimum atomic E-state index is -0.417. The Kier molecular flexibility index (Phi) is 6.51. The van der Waals surface area contributed by atoms with Crippen LogP contribution in [0.1, 0.15) is 31.8 Å². The number of aryl methyl sites for hydroxylation is 2. The van der Waals surface area contributed by atoms with E-state index in [9.17, 15) is 9.59 Å². The van der Waals surface area contributed by atoms with Crippen LogP contribution in [0.5, 0.6) is 23.0 Å². The van der Waals surface area contributed by atoms with Gasteiger partial charge in [-0.2, -0.15) is 0 Å². The molecule has 0 aliphatic rings. The Bertz CT molecular complexity index is 1140. The van der Waals surface area contributed by atoms with Crippen LogP contribution in [0, 0.1) is 13.8 Å². The van der Waals surface area contributed by atoms with Gasteiger partial charge in [0.05, 0.1) is 11.1 Å². The number of hydrogen-bond donors (Lipinski definition) is 0. The molecule has 0 spiro atoms. The van der Waals surface area contributed by atoms with Crippen LogP contribution in [0.2, 0.25) is 0 Å². The molecule has 0 aliphatic carbocycles. The van der Waals surface area contributed by atoms with Gasteiger partial charge in [0.25, 0.3) is 0 Å². The van der Waals surface area contributed by atoms with Gasteiger partial charge in [-0.1, -0.05) is 35.4 Å². The summed E-state index contributed by atoms with van der Waals surface area (Å²) in [4.78, 5) is 24.5. The lowest BCUT2D eigenvalue weighted by Crippen LogP contribution is -2.08. The number of carbonyl (C=O) groups is 2. The fourth-order valence-corrected chi connectivity index (χ4v) is 3.00. The van der Waals surface area contributed by atoms with Crippen molar-refractivity contribution in [1.29, 1.82) is 0 Å². The number of hydrogen-bond acceptors (Lipinski definition) is 5. The normalized spacial score (nSPS) is 10.4. The molecule has 164 valence electrons. The molecule has 4 aromatic carbocycles. The van der Waals surface area contributed by atoms with Gasteiger partial charge in [0.2, 0.25) is 0 Å². The smallest absolute Gasteiger partial charge is 0.343 e. The molecule has 5 heteroatoms. The third kappa shape index (κ3) is 5.86. The largest absolute Gasteiger partial charge is 0.457 e. The molecule has 0 aromatic heterocycles. The van der Waals surface area contributed by atoms with Gasteiger partial charge in [0.15, 0.2) is 0 Å². The van der Waals surface area contributed by atoms with Crippen LogP contribution < -0.4 is 14.2 Å². The van der Waals surface area contributed by atoms with Crippen molar-refractivity contribution in [3.8, 4) is 23.0 Å². The topological polar surface area (TPSA) is 61.8 Å². The van der Waals surface area contributed by atoms with Crippen molar-refractivity contribution in [3.63, 3.8) is 0 Å². The Labute approximate surface area is 192 Å². The Morgan fingerprint density at radius 2 is 0.758 bits per heavy atom. The van der Waals surface area contributed by atoms with Gasteiger partial charge >= 0.3 is 11.9 Å². The SMILES string of the molecule is Cc1ccc(C(=O)Oc2ccc(Oc3ccc(OC(=O)c4ccc(C)cc4)cc3)cc2)cc1. The third-order valence-electron chi connectivity index (χ3n) is 4.88. The first kappa shape index (κ1) is 21.8. The zero-order valence-corrected chi connectivity index (χ0v) is 18.3. The summed E-state index contributed by atoms with van der Waals surface area (Å²) in [6.07, 6.45) is 0. The first-order valence-corrected chi connectivity index (χ1v) is 10.4. The van der Waals surface area contributed by atoms with E-state index < -0.39 is 11.9 Å². The van der Waals surface area contributed by atoms with Crippen molar-refractivity contribution < 1.29 is 23.8 Å². The van der Waals surface area contributed by atoms with Gasteiger partial charge in [-0.25, -0.2) is 9.59 Å². The molecule has 0 unspecified atom stereocenters. The molecule has 0 N–H and O–H groups in total. The van der Waals surface area contributed by atoms with Crippen LogP contribution in [0.15, 0.2) is 97.1 Å². The van der Waals surface area contributed by atoms with E-state index in [0.29, 0.717) is 34.1 Å². The van der Waals surface area contributed by atoms with E-state index in [0.717, 1.165) is 11.1 Å². The van der Waals surface area contributed by atoms with E-state index in [2.05, 4.69) is 0 Å². The van der Waals surface area contributed by atoms with E-state index in [1.54, 1.807) is 72.8 Å². The van der Waals surface area contributed by atoms with Gasteiger partial charge < -0.3 is 14.2 Å². The van der Waals surface area contributed by atoms with Crippen molar-refractivity contribution in [2.45, 2.75) is 13.8 Å². The zero-order chi connectivity index (χ0) is 23.2. The number of carbonyl (C=O) groups excluding carboxylic acids is 2. The molecular formula is C28H22O5. The predicted molar refractivity (Wildman–Crippen MR) is 125 cm³/mol. The van der Waals surface area contributed by atoms with Crippen molar-refractivity contribution in [1.82, 2.24) is 0 Å². The van der Waals surface area contributed by atoms with Gasteiger partial charge in [0.1, 0.15) is 23.0 Å². The maximum absolute atomic E-state index is 12.2. The average Bonchev–Trinajstić information content (AvgIpc) is 2.82. The highest BCUT2D eigenvalue weighted by molar-refractivity contribution is 5.91. The summed E-state index contributed by atoms with van der Waals surface area (Å²) in [6.45, 7) is 3.92. The van der Waals surface area contributed by atoms with E-state index in [1.807, 2.05) is 38.1 Å². The highest BCUT2D eigenvalue weighted by Crippen LogP contribution is 2.26. The molecule has 0 saturated carbocycles. The summed E-state index contributed by atoms with van der Waals surface area (Å²) < 4.78 is 16.6. The van der Waals surface area contributed by atoms with E-state index in [4.69, 9.17) is 14.2 Å². The second-order valence-electron chi connectivity index (χ2n) is 7.56. The van der Waals surface area contributed by atoms with Crippen molar-refractivity contribution in [3.05, 3.63) is 119 Å². The predicted octanol–water partition coefficient (Wildman–Crippen LogP) is 6.53. The lowest BCUT2D eigenvalue weighted by atomic mass is 10.1. The number of benzene rings is 4. The lowest BCUT2D eigenvalue weighted by Gasteiger charge is -2.09. The van der Waals surface area contributed by atoms with Crippen molar-refractivity contribution in [2.75, 3.05) is 0 Å². The van der Waals surface area contributed by atoms with Gasteiger partial charge in [-0.05, 0) is 86.6 Å². The van der Waals surface area contributed by atoms with Crippen LogP contribution in [0.4, 0.5) is 0 Å². The Balaban J connectivity index is 1.33. The third-order valence-corrected chi connectivity index (χ3v) is 4.88. The van der Waals surface area contributed by atoms with E-state index in [1.165, 1.54) is 0 Å². The van der Waals surface area contributed by atoms with Crippen LogP contribution in [-0.4, -0.2) is 11.9 Å². The second-order valence-corrected chi connectivity index (χ2v) is 7.56. The standard InChI is InChI=1S/C28H22O5/c1-19-3-7-21(8-4-19)27(29)32-25-15-11-23(12-16-25)31-24-13-17-26(18-14-24)33-28(30)22-9-5-20(2)6-10-22/h3-18H,1-2H3. The van der Waals surface area contributed by atoms with Gasteiger partial charge in [0, 0.05) is 0 Å². The van der Waals surface area contributed by atoms with Crippen LogP contribution in [0.25, 0.3) is 0 Å². The van der Waals surface area contributed by atoms with Crippen LogP contribution in [-0.2, 0) is 0 Å². The number of esters is 2. The molecule has 5 nitrogen and oxygen atoms in total. The summed E-state index contributed by atoms with van der Waals surface area (Å²) in [5.74, 6) is 1.17. The molecule has 0 saturated heterocycles. The molecule has 0 amide bonds. The quantitative estimate of drug-likeness (QED) is 0.253. The molecule has 0 radical (unpaired) electrons. The molecule has 4 rings (SSSR count). The summed E-state index contributed by atoms with van der Waals surface area (Å²) in [7, 11) is 0. The summed E-state index contributed by atoms with van der Waals surface area (Å²) in [5.41, 5.74) is 3.13. The molecule has 33 heavy (non-hydrogen) atoms. The fraction of sp³-hybridized carbons (Fsp3) is 0.0714. The van der Waals surface area contributed by atoms with E-state index >= 15 is 0 Å². The molecular weight excluding hydrogens is 416 g/mol. The van der Waals surface area contributed by atoms with E-state index in [-0.39, 0.29) is 0 Å². The summed E-state index contributed by atoms with van der Waals surface area (Å²) in [6, 6.07) is 27.9. The van der Waals surface area contributed by atoms with Gasteiger partial charge in [-0.15, -0.1) is 0 Å². The number of rotatable bonds is 6.